The maximum atomic E-state index is 14.2. The van der Waals surface area contributed by atoms with Crippen LogP contribution in [0.4, 0.5) is 4.39 Å². The number of rotatable bonds is 5. The Labute approximate surface area is 134 Å². The van der Waals surface area contributed by atoms with E-state index >= 15 is 0 Å². The van der Waals surface area contributed by atoms with Crippen LogP contribution in [-0.4, -0.2) is 7.05 Å². The largest absolute Gasteiger partial charge is 0.309 e. The van der Waals surface area contributed by atoms with Crippen LogP contribution in [0.5, 0.6) is 0 Å². The minimum absolute atomic E-state index is 0.159. The third kappa shape index (κ3) is 3.92. The molecule has 0 bridgehead atoms. The van der Waals surface area contributed by atoms with Crippen molar-refractivity contribution in [1.29, 1.82) is 0 Å². The van der Waals surface area contributed by atoms with Gasteiger partial charge < -0.3 is 5.32 Å². The summed E-state index contributed by atoms with van der Waals surface area (Å²) >= 11 is 3.45. The molecule has 21 heavy (non-hydrogen) atoms. The summed E-state index contributed by atoms with van der Waals surface area (Å²) < 4.78 is 14.9. The molecular formula is C18H21BrFN. The van der Waals surface area contributed by atoms with Crippen LogP contribution in [0, 0.1) is 11.7 Å². The van der Waals surface area contributed by atoms with E-state index < -0.39 is 0 Å². The van der Waals surface area contributed by atoms with Crippen LogP contribution in [0.15, 0.2) is 46.9 Å². The highest BCUT2D eigenvalue weighted by atomic mass is 79.9. The molecule has 0 radical (unpaired) electrons. The standard InChI is InChI=1S/C18H21BrFN/c1-12(2)11-13-7-9-14(10-8-13)18(21-3)17-15(19)5-4-6-16(17)20/h4-10,12,18,21H,11H2,1-3H3. The van der Waals surface area contributed by atoms with E-state index in [0.29, 0.717) is 11.5 Å². The van der Waals surface area contributed by atoms with Crippen molar-refractivity contribution in [2.75, 3.05) is 7.05 Å². The Kier molecular flexibility index (Phi) is 5.54. The molecule has 0 amide bonds. The summed E-state index contributed by atoms with van der Waals surface area (Å²) in [6.07, 6.45) is 1.06. The van der Waals surface area contributed by atoms with Crippen LogP contribution in [0.3, 0.4) is 0 Å². The van der Waals surface area contributed by atoms with E-state index in [1.807, 2.05) is 13.1 Å². The molecule has 0 aliphatic carbocycles. The van der Waals surface area contributed by atoms with E-state index in [1.54, 1.807) is 6.07 Å². The molecule has 1 unspecified atom stereocenters. The normalized spacial score (nSPS) is 12.7. The van der Waals surface area contributed by atoms with Crippen LogP contribution in [0.2, 0.25) is 0 Å². The summed E-state index contributed by atoms with van der Waals surface area (Å²) in [6, 6.07) is 13.3. The first-order chi connectivity index (χ1) is 10.0. The minimum Gasteiger partial charge on any atom is -0.309 e. The fraction of sp³-hybridized carbons (Fsp3) is 0.333. The Balaban J connectivity index is 2.33. The van der Waals surface area contributed by atoms with Gasteiger partial charge >= 0.3 is 0 Å². The molecule has 1 atom stereocenters. The van der Waals surface area contributed by atoms with Gasteiger partial charge in [0.15, 0.2) is 0 Å². The minimum atomic E-state index is -0.199. The molecule has 112 valence electrons. The average molecular weight is 350 g/mol. The van der Waals surface area contributed by atoms with Gasteiger partial charge in [0, 0.05) is 10.0 Å². The Bertz CT molecular complexity index is 572. The lowest BCUT2D eigenvalue weighted by atomic mass is 9.95. The van der Waals surface area contributed by atoms with Crippen LogP contribution < -0.4 is 5.32 Å². The summed E-state index contributed by atoms with van der Waals surface area (Å²) in [5.74, 6) is 0.437. The van der Waals surface area contributed by atoms with Crippen LogP contribution >= 0.6 is 15.9 Å². The first-order valence-electron chi connectivity index (χ1n) is 7.23. The quantitative estimate of drug-likeness (QED) is 0.792. The van der Waals surface area contributed by atoms with Crippen molar-refractivity contribution in [3.05, 3.63) is 69.4 Å². The molecule has 0 spiro atoms. The monoisotopic (exact) mass is 349 g/mol. The summed E-state index contributed by atoms with van der Waals surface area (Å²) in [7, 11) is 1.85. The van der Waals surface area contributed by atoms with Gasteiger partial charge in [-0.1, -0.05) is 60.1 Å². The zero-order chi connectivity index (χ0) is 15.4. The maximum absolute atomic E-state index is 14.2. The summed E-state index contributed by atoms with van der Waals surface area (Å²) in [6.45, 7) is 4.42. The van der Waals surface area contributed by atoms with Gasteiger partial charge in [-0.3, -0.25) is 0 Å². The lowest BCUT2D eigenvalue weighted by molar-refractivity contribution is 0.573. The molecule has 0 saturated carbocycles. The number of halogens is 2. The molecule has 2 rings (SSSR count). The van der Waals surface area contributed by atoms with Crippen molar-refractivity contribution in [3.63, 3.8) is 0 Å². The number of hydrogen-bond acceptors (Lipinski definition) is 1. The van der Waals surface area contributed by atoms with Crippen molar-refractivity contribution in [2.24, 2.45) is 5.92 Å². The van der Waals surface area contributed by atoms with E-state index in [-0.39, 0.29) is 11.9 Å². The van der Waals surface area contributed by atoms with Gasteiger partial charge in [0.1, 0.15) is 5.82 Å². The highest BCUT2D eigenvalue weighted by molar-refractivity contribution is 9.10. The van der Waals surface area contributed by atoms with Gasteiger partial charge in [-0.25, -0.2) is 4.39 Å². The second kappa shape index (κ2) is 7.19. The molecule has 1 nitrogen and oxygen atoms in total. The zero-order valence-electron chi connectivity index (χ0n) is 12.7. The predicted molar refractivity (Wildman–Crippen MR) is 90.0 cm³/mol. The number of nitrogens with one attached hydrogen (secondary N) is 1. The molecule has 2 aromatic rings. The van der Waals surface area contributed by atoms with Crippen LogP contribution in [0.25, 0.3) is 0 Å². The Morgan fingerprint density at radius 2 is 1.76 bits per heavy atom. The van der Waals surface area contributed by atoms with E-state index in [2.05, 4.69) is 59.4 Å². The lowest BCUT2D eigenvalue weighted by Crippen LogP contribution is -2.19. The molecule has 3 heteroatoms. The highest BCUT2D eigenvalue weighted by Gasteiger charge is 2.19. The van der Waals surface area contributed by atoms with Gasteiger partial charge in [-0.2, -0.15) is 0 Å². The topological polar surface area (TPSA) is 12.0 Å². The molecule has 0 aliphatic rings. The van der Waals surface area contributed by atoms with E-state index in [0.717, 1.165) is 16.5 Å². The van der Waals surface area contributed by atoms with Gasteiger partial charge in [0.2, 0.25) is 0 Å². The molecule has 0 aliphatic heterocycles. The van der Waals surface area contributed by atoms with Gasteiger partial charge in [0.05, 0.1) is 6.04 Å². The fourth-order valence-electron chi connectivity index (χ4n) is 2.58. The molecule has 0 heterocycles. The third-order valence-electron chi connectivity index (χ3n) is 3.53. The van der Waals surface area contributed by atoms with Crippen molar-refractivity contribution in [2.45, 2.75) is 26.3 Å². The first kappa shape index (κ1) is 16.2. The van der Waals surface area contributed by atoms with Crippen molar-refractivity contribution in [3.8, 4) is 0 Å². The average Bonchev–Trinajstić information content (AvgIpc) is 2.44. The Hall–Kier alpha value is -1.19. The second-order valence-electron chi connectivity index (χ2n) is 5.70. The van der Waals surface area contributed by atoms with Gasteiger partial charge in [-0.05, 0) is 42.6 Å². The zero-order valence-corrected chi connectivity index (χ0v) is 14.2. The SMILES string of the molecule is CNC(c1ccc(CC(C)C)cc1)c1c(F)cccc1Br. The lowest BCUT2D eigenvalue weighted by Gasteiger charge is -2.20. The summed E-state index contributed by atoms with van der Waals surface area (Å²) in [5, 5.41) is 3.21. The van der Waals surface area contributed by atoms with Crippen molar-refractivity contribution < 1.29 is 4.39 Å². The summed E-state index contributed by atoms with van der Waals surface area (Å²) in [4.78, 5) is 0. The fourth-order valence-corrected chi connectivity index (χ4v) is 3.15. The van der Waals surface area contributed by atoms with E-state index in [9.17, 15) is 4.39 Å². The molecule has 0 saturated heterocycles. The first-order valence-corrected chi connectivity index (χ1v) is 8.02. The smallest absolute Gasteiger partial charge is 0.129 e. The molecule has 0 fully saturated rings. The van der Waals surface area contributed by atoms with Crippen LogP contribution in [-0.2, 0) is 6.42 Å². The Morgan fingerprint density at radius 1 is 1.10 bits per heavy atom. The predicted octanol–water partition coefficient (Wildman–Crippen LogP) is 5.10. The molecular weight excluding hydrogens is 329 g/mol. The second-order valence-corrected chi connectivity index (χ2v) is 6.55. The number of hydrogen-bond donors (Lipinski definition) is 1. The highest BCUT2D eigenvalue weighted by Crippen LogP contribution is 2.30. The number of benzene rings is 2. The van der Waals surface area contributed by atoms with Gasteiger partial charge in [-0.15, -0.1) is 0 Å². The molecule has 1 N–H and O–H groups in total. The van der Waals surface area contributed by atoms with E-state index in [1.165, 1.54) is 11.6 Å². The van der Waals surface area contributed by atoms with E-state index in [4.69, 9.17) is 0 Å². The van der Waals surface area contributed by atoms with Crippen molar-refractivity contribution in [1.82, 2.24) is 5.32 Å². The summed E-state index contributed by atoms with van der Waals surface area (Å²) in [5.41, 5.74) is 3.03. The third-order valence-corrected chi connectivity index (χ3v) is 4.23. The molecule has 2 aromatic carbocycles. The molecule has 0 aromatic heterocycles. The Morgan fingerprint density at radius 3 is 2.29 bits per heavy atom. The van der Waals surface area contributed by atoms with Crippen molar-refractivity contribution >= 4 is 15.9 Å². The van der Waals surface area contributed by atoms with Crippen LogP contribution in [0.1, 0.15) is 36.6 Å². The van der Waals surface area contributed by atoms with Gasteiger partial charge in [0.25, 0.3) is 0 Å². The maximum Gasteiger partial charge on any atom is 0.129 e.